The maximum absolute atomic E-state index is 11.4. The molecule has 0 radical (unpaired) electrons. The lowest BCUT2D eigenvalue weighted by atomic mass is 9.79. The fourth-order valence-electron chi connectivity index (χ4n) is 2.50. The van der Waals surface area contributed by atoms with E-state index in [2.05, 4.69) is 17.6 Å². The molecule has 2 fully saturated rings. The number of rotatable bonds is 3. The Kier molecular flexibility index (Phi) is 3.38. The smallest absolute Gasteiger partial charge is 0.315 e. The van der Waals surface area contributed by atoms with Gasteiger partial charge in [0.25, 0.3) is 0 Å². The SMILES string of the molecule is CC1CCCC(O)(CNC(=O)NC2CC2)C1. The minimum Gasteiger partial charge on any atom is -0.388 e. The summed E-state index contributed by atoms with van der Waals surface area (Å²) in [6, 6.07) is 0.245. The van der Waals surface area contributed by atoms with Crippen LogP contribution in [-0.4, -0.2) is 29.3 Å². The molecule has 0 saturated heterocycles. The molecule has 0 aromatic rings. The predicted molar refractivity (Wildman–Crippen MR) is 62.1 cm³/mol. The zero-order chi connectivity index (χ0) is 11.6. The van der Waals surface area contributed by atoms with E-state index in [-0.39, 0.29) is 6.03 Å². The van der Waals surface area contributed by atoms with Crippen molar-refractivity contribution in [2.24, 2.45) is 5.92 Å². The number of carbonyl (C=O) groups excluding carboxylic acids is 1. The van der Waals surface area contributed by atoms with E-state index in [4.69, 9.17) is 0 Å². The van der Waals surface area contributed by atoms with Gasteiger partial charge in [-0.1, -0.05) is 19.8 Å². The van der Waals surface area contributed by atoms with Crippen molar-refractivity contribution < 1.29 is 9.90 Å². The van der Waals surface area contributed by atoms with E-state index in [1.54, 1.807) is 0 Å². The minimum atomic E-state index is -0.682. The number of nitrogens with one attached hydrogen (secondary N) is 2. The summed E-state index contributed by atoms with van der Waals surface area (Å²) in [6.07, 6.45) is 6.04. The van der Waals surface area contributed by atoms with Gasteiger partial charge in [-0.3, -0.25) is 0 Å². The summed E-state index contributed by atoms with van der Waals surface area (Å²) in [5.41, 5.74) is -0.682. The number of hydrogen-bond donors (Lipinski definition) is 3. The van der Waals surface area contributed by atoms with Crippen LogP contribution in [-0.2, 0) is 0 Å². The summed E-state index contributed by atoms with van der Waals surface area (Å²) in [5.74, 6) is 0.562. The van der Waals surface area contributed by atoms with Crippen LogP contribution in [0.25, 0.3) is 0 Å². The summed E-state index contributed by atoms with van der Waals surface area (Å²) in [7, 11) is 0. The molecule has 3 N–H and O–H groups in total. The Bertz CT molecular complexity index is 266. The van der Waals surface area contributed by atoms with Gasteiger partial charge in [0.15, 0.2) is 0 Å². The van der Waals surface area contributed by atoms with Gasteiger partial charge >= 0.3 is 6.03 Å². The summed E-state index contributed by atoms with van der Waals surface area (Å²) in [4.78, 5) is 11.4. The van der Waals surface area contributed by atoms with E-state index in [9.17, 15) is 9.90 Å². The molecule has 2 amide bonds. The van der Waals surface area contributed by atoms with Crippen LogP contribution in [0.1, 0.15) is 45.4 Å². The second kappa shape index (κ2) is 4.62. The first-order valence-electron chi connectivity index (χ1n) is 6.34. The van der Waals surface area contributed by atoms with Gasteiger partial charge in [-0.15, -0.1) is 0 Å². The second-order valence-electron chi connectivity index (χ2n) is 5.53. The number of aliphatic hydroxyl groups is 1. The third kappa shape index (κ3) is 3.37. The fourth-order valence-corrected chi connectivity index (χ4v) is 2.50. The molecule has 2 saturated carbocycles. The van der Waals surface area contributed by atoms with Crippen LogP contribution >= 0.6 is 0 Å². The minimum absolute atomic E-state index is 0.130. The van der Waals surface area contributed by atoms with Crippen LogP contribution in [0.15, 0.2) is 0 Å². The number of urea groups is 1. The third-order valence-corrected chi connectivity index (χ3v) is 3.56. The van der Waals surface area contributed by atoms with Crippen molar-refractivity contribution in [2.75, 3.05) is 6.54 Å². The van der Waals surface area contributed by atoms with Gasteiger partial charge in [-0.2, -0.15) is 0 Å². The molecule has 0 bridgehead atoms. The molecule has 0 heterocycles. The average molecular weight is 226 g/mol. The molecule has 0 aromatic carbocycles. The topological polar surface area (TPSA) is 61.4 Å². The Morgan fingerprint density at radius 2 is 2.19 bits per heavy atom. The van der Waals surface area contributed by atoms with Crippen LogP contribution in [0.3, 0.4) is 0 Å². The average Bonchev–Trinajstić information content (AvgIpc) is 2.99. The second-order valence-corrected chi connectivity index (χ2v) is 5.53. The summed E-state index contributed by atoms with van der Waals surface area (Å²) in [5, 5.41) is 15.9. The van der Waals surface area contributed by atoms with E-state index in [1.165, 1.54) is 6.42 Å². The normalized spacial score (nSPS) is 34.5. The van der Waals surface area contributed by atoms with Crippen molar-refractivity contribution in [2.45, 2.75) is 57.1 Å². The highest BCUT2D eigenvalue weighted by Crippen LogP contribution is 2.31. The summed E-state index contributed by atoms with van der Waals surface area (Å²) >= 11 is 0. The largest absolute Gasteiger partial charge is 0.388 e. The van der Waals surface area contributed by atoms with Crippen LogP contribution in [0.5, 0.6) is 0 Å². The van der Waals surface area contributed by atoms with Crippen LogP contribution in [0.2, 0.25) is 0 Å². The first-order chi connectivity index (χ1) is 7.57. The lowest BCUT2D eigenvalue weighted by Crippen LogP contribution is -2.48. The zero-order valence-electron chi connectivity index (χ0n) is 9.96. The highest BCUT2D eigenvalue weighted by molar-refractivity contribution is 5.74. The monoisotopic (exact) mass is 226 g/mol. The quantitative estimate of drug-likeness (QED) is 0.681. The Labute approximate surface area is 96.8 Å². The van der Waals surface area contributed by atoms with Gasteiger partial charge in [-0.25, -0.2) is 4.79 Å². The Balaban J connectivity index is 1.72. The molecule has 16 heavy (non-hydrogen) atoms. The first-order valence-corrected chi connectivity index (χ1v) is 6.34. The van der Waals surface area contributed by atoms with Gasteiger partial charge in [0.2, 0.25) is 0 Å². The van der Waals surface area contributed by atoms with E-state index in [0.29, 0.717) is 18.5 Å². The molecule has 0 spiro atoms. The molecule has 0 aromatic heterocycles. The molecule has 4 nitrogen and oxygen atoms in total. The molecule has 2 aliphatic carbocycles. The van der Waals surface area contributed by atoms with Crippen LogP contribution < -0.4 is 10.6 Å². The predicted octanol–water partition coefficient (Wildman–Crippen LogP) is 1.39. The highest BCUT2D eigenvalue weighted by atomic mass is 16.3. The van der Waals surface area contributed by atoms with E-state index in [0.717, 1.165) is 32.1 Å². The van der Waals surface area contributed by atoms with Gasteiger partial charge in [0, 0.05) is 12.6 Å². The molecular formula is C12H22N2O2. The zero-order valence-corrected chi connectivity index (χ0v) is 9.96. The fraction of sp³-hybridized carbons (Fsp3) is 0.917. The molecule has 92 valence electrons. The maximum atomic E-state index is 11.4. The van der Waals surface area contributed by atoms with Gasteiger partial charge in [-0.05, 0) is 31.6 Å². The van der Waals surface area contributed by atoms with Crippen LogP contribution in [0, 0.1) is 5.92 Å². The maximum Gasteiger partial charge on any atom is 0.315 e. The van der Waals surface area contributed by atoms with Gasteiger partial charge < -0.3 is 15.7 Å². The van der Waals surface area contributed by atoms with E-state index >= 15 is 0 Å². The molecule has 2 aliphatic rings. The first kappa shape index (κ1) is 11.7. The lowest BCUT2D eigenvalue weighted by Gasteiger charge is -2.35. The standard InChI is InChI=1S/C12H22N2O2/c1-9-3-2-6-12(16,7-9)8-13-11(15)14-10-4-5-10/h9-10,16H,2-8H2,1H3,(H2,13,14,15). The summed E-state index contributed by atoms with van der Waals surface area (Å²) < 4.78 is 0. The van der Waals surface area contributed by atoms with Crippen LogP contribution in [0.4, 0.5) is 4.79 Å². The highest BCUT2D eigenvalue weighted by Gasteiger charge is 2.33. The summed E-state index contributed by atoms with van der Waals surface area (Å²) in [6.45, 7) is 2.55. The number of hydrogen-bond acceptors (Lipinski definition) is 2. The van der Waals surface area contributed by atoms with Crippen molar-refractivity contribution >= 4 is 6.03 Å². The van der Waals surface area contributed by atoms with E-state index in [1.807, 2.05) is 0 Å². The molecule has 2 unspecified atom stereocenters. The van der Waals surface area contributed by atoms with Crippen molar-refractivity contribution in [1.29, 1.82) is 0 Å². The Hall–Kier alpha value is -0.770. The molecule has 0 aliphatic heterocycles. The molecule has 2 atom stereocenters. The van der Waals surface area contributed by atoms with Crippen molar-refractivity contribution in [1.82, 2.24) is 10.6 Å². The molecule has 2 rings (SSSR count). The molecular weight excluding hydrogens is 204 g/mol. The van der Waals surface area contributed by atoms with Crippen molar-refractivity contribution in [3.8, 4) is 0 Å². The lowest BCUT2D eigenvalue weighted by molar-refractivity contribution is -0.00951. The third-order valence-electron chi connectivity index (χ3n) is 3.56. The molecule has 4 heteroatoms. The van der Waals surface area contributed by atoms with E-state index < -0.39 is 5.60 Å². The van der Waals surface area contributed by atoms with Crippen molar-refractivity contribution in [3.63, 3.8) is 0 Å². The van der Waals surface area contributed by atoms with Gasteiger partial charge in [0.1, 0.15) is 0 Å². The van der Waals surface area contributed by atoms with Gasteiger partial charge in [0.05, 0.1) is 5.60 Å². The Morgan fingerprint density at radius 3 is 2.81 bits per heavy atom. The Morgan fingerprint density at radius 1 is 1.44 bits per heavy atom. The van der Waals surface area contributed by atoms with Crippen molar-refractivity contribution in [3.05, 3.63) is 0 Å². The number of amides is 2. The number of carbonyl (C=O) groups is 1.